The molecular formula is C19H23N5O5. The lowest BCUT2D eigenvalue weighted by molar-refractivity contribution is -0.385. The Kier molecular flexibility index (Phi) is 7.92. The van der Waals surface area contributed by atoms with Crippen molar-refractivity contribution in [2.45, 2.75) is 20.1 Å². The lowest BCUT2D eigenvalue weighted by atomic mass is 10.2. The first-order valence-corrected chi connectivity index (χ1v) is 8.91. The number of nitrogens with zero attached hydrogens (tertiary/aromatic N) is 2. The van der Waals surface area contributed by atoms with Crippen molar-refractivity contribution in [2.24, 2.45) is 0 Å². The first-order chi connectivity index (χ1) is 13.9. The Morgan fingerprint density at radius 3 is 2.52 bits per heavy atom. The molecule has 2 aromatic rings. The van der Waals surface area contributed by atoms with Gasteiger partial charge in [0, 0.05) is 30.9 Å². The van der Waals surface area contributed by atoms with E-state index >= 15 is 0 Å². The summed E-state index contributed by atoms with van der Waals surface area (Å²) in [7, 11) is 0. The zero-order chi connectivity index (χ0) is 21.2. The summed E-state index contributed by atoms with van der Waals surface area (Å²) in [5.74, 6) is -0.444. The molecule has 4 N–H and O–H groups in total. The number of hydroxylamine groups is 2. The highest BCUT2D eigenvalue weighted by Crippen LogP contribution is 2.14. The second-order valence-electron chi connectivity index (χ2n) is 6.07. The average Bonchev–Trinajstić information content (AvgIpc) is 2.72. The fourth-order valence-electron chi connectivity index (χ4n) is 2.38. The van der Waals surface area contributed by atoms with Gasteiger partial charge in [0.25, 0.3) is 11.6 Å². The number of urea groups is 1. The van der Waals surface area contributed by atoms with E-state index in [0.29, 0.717) is 17.8 Å². The van der Waals surface area contributed by atoms with Gasteiger partial charge < -0.3 is 16.4 Å². The predicted octanol–water partition coefficient (Wildman–Crippen LogP) is 1.96. The molecule has 0 aliphatic carbocycles. The van der Waals surface area contributed by atoms with E-state index in [2.05, 4.69) is 10.6 Å². The molecule has 0 spiro atoms. The third-order valence-electron chi connectivity index (χ3n) is 3.91. The zero-order valence-electron chi connectivity index (χ0n) is 16.0. The smallest absolute Gasteiger partial charge is 0.315 e. The molecule has 0 aliphatic heterocycles. The van der Waals surface area contributed by atoms with Crippen molar-refractivity contribution >= 4 is 23.3 Å². The van der Waals surface area contributed by atoms with Crippen LogP contribution >= 0.6 is 0 Å². The molecule has 2 rings (SSSR count). The van der Waals surface area contributed by atoms with E-state index in [1.807, 2.05) is 0 Å². The number of nitro groups is 1. The number of carbonyl (C=O) groups excluding carboxylic acids is 2. The van der Waals surface area contributed by atoms with E-state index in [1.54, 1.807) is 43.3 Å². The molecule has 2 aromatic carbocycles. The Morgan fingerprint density at radius 1 is 1.14 bits per heavy atom. The number of carbonyl (C=O) groups is 2. The van der Waals surface area contributed by atoms with Crippen LogP contribution in [-0.4, -0.2) is 35.0 Å². The van der Waals surface area contributed by atoms with Crippen LogP contribution in [0.4, 0.5) is 16.2 Å². The molecule has 10 heteroatoms. The summed E-state index contributed by atoms with van der Waals surface area (Å²) in [5, 5.41) is 17.0. The van der Waals surface area contributed by atoms with E-state index < -0.39 is 16.9 Å². The summed E-state index contributed by atoms with van der Waals surface area (Å²) in [5.41, 5.74) is 7.61. The number of nitrogens with one attached hydrogen (secondary N) is 2. The van der Waals surface area contributed by atoms with E-state index in [9.17, 15) is 19.7 Å². The zero-order valence-corrected chi connectivity index (χ0v) is 16.0. The predicted molar refractivity (Wildman–Crippen MR) is 106 cm³/mol. The molecule has 0 aliphatic rings. The Labute approximate surface area is 167 Å². The molecule has 0 radical (unpaired) electrons. The second-order valence-corrected chi connectivity index (χ2v) is 6.07. The van der Waals surface area contributed by atoms with Gasteiger partial charge in [0.2, 0.25) is 0 Å². The second kappa shape index (κ2) is 10.6. The number of nitrogens with two attached hydrogens (primary N) is 1. The first-order valence-electron chi connectivity index (χ1n) is 8.91. The monoisotopic (exact) mass is 401 g/mol. The topological polar surface area (TPSA) is 140 Å². The fourth-order valence-corrected chi connectivity index (χ4v) is 2.38. The number of non-ortho nitro benzene ring substituents is 1. The highest BCUT2D eigenvalue weighted by atomic mass is 16.7. The highest BCUT2D eigenvalue weighted by Gasteiger charge is 2.15. The third-order valence-corrected chi connectivity index (χ3v) is 3.91. The van der Waals surface area contributed by atoms with E-state index in [1.165, 1.54) is 12.1 Å². The van der Waals surface area contributed by atoms with Crippen LogP contribution in [-0.2, 0) is 22.8 Å². The Balaban J connectivity index is 1.77. The number of amides is 3. The van der Waals surface area contributed by atoms with Gasteiger partial charge in [0.1, 0.15) is 13.2 Å². The van der Waals surface area contributed by atoms with Gasteiger partial charge in [-0.15, -0.1) is 0 Å². The first kappa shape index (κ1) is 21.6. The molecule has 0 unspecified atom stereocenters. The number of likely N-dealkylation sites (N-methyl/N-ethyl adjacent to an activating group) is 1. The Hall–Kier alpha value is -3.66. The minimum Gasteiger partial charge on any atom is -0.399 e. The molecule has 3 amide bonds. The lowest BCUT2D eigenvalue weighted by Crippen LogP contribution is -2.43. The summed E-state index contributed by atoms with van der Waals surface area (Å²) < 4.78 is 0. The summed E-state index contributed by atoms with van der Waals surface area (Å²) >= 11 is 0. The normalized spacial score (nSPS) is 10.2. The van der Waals surface area contributed by atoms with Gasteiger partial charge in [-0.05, 0) is 30.2 Å². The van der Waals surface area contributed by atoms with Crippen molar-refractivity contribution in [3.8, 4) is 0 Å². The van der Waals surface area contributed by atoms with Crippen molar-refractivity contribution in [2.75, 3.05) is 18.8 Å². The quantitative estimate of drug-likeness (QED) is 0.333. The van der Waals surface area contributed by atoms with Crippen LogP contribution in [0, 0.1) is 10.1 Å². The Morgan fingerprint density at radius 2 is 1.86 bits per heavy atom. The van der Waals surface area contributed by atoms with Gasteiger partial charge in [-0.25, -0.2) is 9.86 Å². The van der Waals surface area contributed by atoms with Gasteiger partial charge >= 0.3 is 6.03 Å². The fraction of sp³-hybridized carbons (Fsp3) is 0.263. The van der Waals surface area contributed by atoms with E-state index in [0.717, 1.165) is 10.6 Å². The summed E-state index contributed by atoms with van der Waals surface area (Å²) in [6, 6.07) is 12.5. The number of rotatable bonds is 9. The molecule has 154 valence electrons. The molecule has 0 heterocycles. The van der Waals surface area contributed by atoms with Gasteiger partial charge in [0.15, 0.2) is 0 Å². The number of nitro benzene ring substituents is 1. The molecule has 29 heavy (non-hydrogen) atoms. The third kappa shape index (κ3) is 7.11. The van der Waals surface area contributed by atoms with Crippen molar-refractivity contribution in [3.05, 3.63) is 69.8 Å². The molecule has 10 nitrogen and oxygen atoms in total. The van der Waals surface area contributed by atoms with Crippen LogP contribution in [0.2, 0.25) is 0 Å². The summed E-state index contributed by atoms with van der Waals surface area (Å²) in [4.78, 5) is 39.8. The maximum absolute atomic E-state index is 12.2. The van der Waals surface area contributed by atoms with Crippen molar-refractivity contribution in [1.29, 1.82) is 0 Å². The van der Waals surface area contributed by atoms with Gasteiger partial charge in [-0.1, -0.05) is 24.3 Å². The van der Waals surface area contributed by atoms with Crippen LogP contribution in [0.25, 0.3) is 0 Å². The molecule has 0 bridgehead atoms. The number of nitrogen functional groups attached to an aromatic ring is 1. The van der Waals surface area contributed by atoms with Crippen molar-refractivity contribution in [1.82, 2.24) is 15.7 Å². The van der Waals surface area contributed by atoms with E-state index in [4.69, 9.17) is 10.6 Å². The highest BCUT2D eigenvalue weighted by molar-refractivity contribution is 5.83. The number of hydrogen-bond donors (Lipinski definition) is 3. The van der Waals surface area contributed by atoms with E-state index in [-0.39, 0.29) is 25.4 Å². The van der Waals surface area contributed by atoms with Gasteiger partial charge in [-0.3, -0.25) is 19.7 Å². The van der Waals surface area contributed by atoms with Gasteiger partial charge in [-0.2, -0.15) is 0 Å². The molecule has 0 atom stereocenters. The standard InChI is InChI=1S/C19H23N5O5/c1-2-23(29-13-15-4-3-5-17(10-15)24(27)28)18(25)12-22-19(26)21-11-14-6-8-16(20)9-7-14/h3-10H,2,11-13,20H2,1H3,(H2,21,22,26). The number of benzene rings is 2. The minimum absolute atomic E-state index is 0.00933. The van der Waals surface area contributed by atoms with Crippen LogP contribution < -0.4 is 16.4 Å². The lowest BCUT2D eigenvalue weighted by Gasteiger charge is -2.20. The number of anilines is 1. The largest absolute Gasteiger partial charge is 0.399 e. The molecule has 0 saturated carbocycles. The van der Waals surface area contributed by atoms with Crippen LogP contribution in [0.5, 0.6) is 0 Å². The minimum atomic E-state index is -0.501. The van der Waals surface area contributed by atoms with Crippen LogP contribution in [0.3, 0.4) is 0 Å². The molecule has 0 aromatic heterocycles. The average molecular weight is 401 g/mol. The molecule has 0 fully saturated rings. The molecular weight excluding hydrogens is 378 g/mol. The van der Waals surface area contributed by atoms with Crippen molar-refractivity contribution in [3.63, 3.8) is 0 Å². The van der Waals surface area contributed by atoms with Crippen molar-refractivity contribution < 1.29 is 19.3 Å². The Bertz CT molecular complexity index is 856. The SMILES string of the molecule is CCN(OCc1cccc([N+](=O)[O-])c1)C(=O)CNC(=O)NCc1ccc(N)cc1. The number of hydrogen-bond acceptors (Lipinski definition) is 6. The maximum atomic E-state index is 12.2. The van der Waals surface area contributed by atoms with Crippen LogP contribution in [0.1, 0.15) is 18.1 Å². The maximum Gasteiger partial charge on any atom is 0.315 e. The molecule has 0 saturated heterocycles. The van der Waals surface area contributed by atoms with Crippen LogP contribution in [0.15, 0.2) is 48.5 Å². The van der Waals surface area contributed by atoms with Gasteiger partial charge in [0.05, 0.1) is 4.92 Å². The summed E-state index contributed by atoms with van der Waals surface area (Å²) in [6.45, 7) is 2.00. The summed E-state index contributed by atoms with van der Waals surface area (Å²) in [6.07, 6.45) is 0.